The van der Waals surface area contributed by atoms with E-state index < -0.39 is 23.2 Å². The minimum atomic E-state index is -4.57. The molecule has 10 heteroatoms. The Balaban J connectivity index is 1.34. The van der Waals surface area contributed by atoms with Gasteiger partial charge in [-0.3, -0.25) is 4.79 Å². The summed E-state index contributed by atoms with van der Waals surface area (Å²) in [7, 11) is 1.84. The Bertz CT molecular complexity index is 1410. The van der Waals surface area contributed by atoms with Gasteiger partial charge in [-0.1, -0.05) is 12.1 Å². The molecule has 1 aromatic heterocycles. The second-order valence-electron chi connectivity index (χ2n) is 11.1. The van der Waals surface area contributed by atoms with Gasteiger partial charge in [0.1, 0.15) is 6.33 Å². The molecule has 7 nitrogen and oxygen atoms in total. The van der Waals surface area contributed by atoms with Crippen LogP contribution in [0.2, 0.25) is 0 Å². The molecule has 38 heavy (non-hydrogen) atoms. The van der Waals surface area contributed by atoms with Crippen molar-refractivity contribution in [3.63, 3.8) is 0 Å². The SMILES string of the molecule is C[C@H]1C[C@@](c2cccc(N3Cc4c(cc(CNC5(C)CCC5)cc4C(F)(F)F)C3=O)c2)(c2nncn2C)O1. The molecule has 1 saturated carbocycles. The second-order valence-corrected chi connectivity index (χ2v) is 11.1. The molecular weight excluding hydrogens is 495 g/mol. The van der Waals surface area contributed by atoms with Gasteiger partial charge in [-0.05, 0) is 74.1 Å². The molecule has 0 spiro atoms. The first kappa shape index (κ1) is 25.1. The van der Waals surface area contributed by atoms with Crippen molar-refractivity contribution in [2.24, 2.45) is 7.05 Å². The van der Waals surface area contributed by atoms with Crippen LogP contribution in [0.5, 0.6) is 0 Å². The fourth-order valence-corrected chi connectivity index (χ4v) is 6.00. The molecule has 3 heterocycles. The predicted molar refractivity (Wildman–Crippen MR) is 134 cm³/mol. The Morgan fingerprint density at radius 3 is 2.58 bits per heavy atom. The van der Waals surface area contributed by atoms with E-state index in [1.54, 1.807) is 29.1 Å². The van der Waals surface area contributed by atoms with Crippen LogP contribution in [0.25, 0.3) is 0 Å². The largest absolute Gasteiger partial charge is 0.416 e. The molecule has 2 aliphatic heterocycles. The van der Waals surface area contributed by atoms with Gasteiger partial charge in [0.25, 0.3) is 5.91 Å². The summed E-state index contributed by atoms with van der Waals surface area (Å²) in [5.41, 5.74) is 0.249. The lowest BCUT2D eigenvalue weighted by Crippen LogP contribution is -2.49. The number of halogens is 3. The average Bonchev–Trinajstić information content (AvgIpc) is 3.41. The van der Waals surface area contributed by atoms with Crippen LogP contribution in [0.15, 0.2) is 42.7 Å². The number of carbonyl (C=O) groups excluding carboxylic acids is 1. The first-order valence-corrected chi connectivity index (χ1v) is 12.9. The van der Waals surface area contributed by atoms with E-state index in [-0.39, 0.29) is 35.9 Å². The van der Waals surface area contributed by atoms with Crippen LogP contribution in [0, 0.1) is 0 Å². The number of hydrogen-bond donors (Lipinski definition) is 1. The third-order valence-corrected chi connectivity index (χ3v) is 8.26. The van der Waals surface area contributed by atoms with E-state index in [0.29, 0.717) is 23.5 Å². The monoisotopic (exact) mass is 525 g/mol. The number of nitrogens with one attached hydrogen (secondary N) is 1. The maximum absolute atomic E-state index is 14.2. The summed E-state index contributed by atoms with van der Waals surface area (Å²) < 4.78 is 50.5. The van der Waals surface area contributed by atoms with Crippen molar-refractivity contribution >= 4 is 11.6 Å². The third kappa shape index (κ3) is 4.01. The minimum absolute atomic E-state index is 0.0107. The Kier molecular flexibility index (Phi) is 5.70. The maximum atomic E-state index is 14.2. The van der Waals surface area contributed by atoms with Gasteiger partial charge in [-0.25, -0.2) is 0 Å². The molecule has 0 bridgehead atoms. The third-order valence-electron chi connectivity index (χ3n) is 8.26. The topological polar surface area (TPSA) is 72.3 Å². The van der Waals surface area contributed by atoms with Gasteiger partial charge < -0.3 is 19.5 Å². The summed E-state index contributed by atoms with van der Waals surface area (Å²) in [5.74, 6) is 0.204. The number of amides is 1. The number of benzene rings is 2. The van der Waals surface area contributed by atoms with Gasteiger partial charge in [0.15, 0.2) is 11.4 Å². The number of carbonyl (C=O) groups is 1. The predicted octanol–water partition coefficient (Wildman–Crippen LogP) is 5.08. The first-order chi connectivity index (χ1) is 18.0. The number of aromatic nitrogens is 3. The van der Waals surface area contributed by atoms with Crippen LogP contribution in [0.4, 0.5) is 18.9 Å². The van der Waals surface area contributed by atoms with Gasteiger partial charge in [-0.15, -0.1) is 10.2 Å². The van der Waals surface area contributed by atoms with Crippen LogP contribution < -0.4 is 10.2 Å². The number of nitrogens with zero attached hydrogens (tertiary/aromatic N) is 4. The number of ether oxygens (including phenoxy) is 1. The quantitative estimate of drug-likeness (QED) is 0.486. The molecule has 3 aromatic rings. The highest BCUT2D eigenvalue weighted by molar-refractivity contribution is 6.10. The van der Waals surface area contributed by atoms with Gasteiger partial charge in [0.05, 0.1) is 18.2 Å². The Labute approximate surface area is 219 Å². The highest BCUT2D eigenvalue weighted by Crippen LogP contribution is 2.47. The molecule has 1 amide bonds. The molecule has 0 unspecified atom stereocenters. The molecule has 2 fully saturated rings. The average molecular weight is 526 g/mol. The maximum Gasteiger partial charge on any atom is 0.416 e. The zero-order chi connectivity index (χ0) is 26.9. The van der Waals surface area contributed by atoms with Gasteiger partial charge in [0.2, 0.25) is 0 Å². The van der Waals surface area contributed by atoms with Crippen molar-refractivity contribution in [2.75, 3.05) is 4.90 Å². The number of alkyl halides is 3. The number of rotatable bonds is 6. The molecule has 6 rings (SSSR count). The van der Waals surface area contributed by atoms with Crippen molar-refractivity contribution in [2.45, 2.75) is 76.0 Å². The molecule has 3 aliphatic rings. The van der Waals surface area contributed by atoms with Crippen LogP contribution in [0.3, 0.4) is 0 Å². The fourth-order valence-electron chi connectivity index (χ4n) is 6.00. The minimum Gasteiger partial charge on any atom is -0.359 e. The number of fused-ring (bicyclic) bond motifs is 1. The van der Waals surface area contributed by atoms with Crippen LogP contribution in [0.1, 0.15) is 78.0 Å². The van der Waals surface area contributed by atoms with E-state index in [4.69, 9.17) is 4.74 Å². The van der Waals surface area contributed by atoms with Crippen LogP contribution in [-0.4, -0.2) is 32.3 Å². The van der Waals surface area contributed by atoms with E-state index in [1.165, 1.54) is 11.0 Å². The Morgan fingerprint density at radius 1 is 1.21 bits per heavy atom. The molecule has 2 atom stereocenters. The summed E-state index contributed by atoms with van der Waals surface area (Å²) in [6.07, 6.45) is 0.808. The molecule has 2 aromatic carbocycles. The number of hydrogen-bond acceptors (Lipinski definition) is 5. The van der Waals surface area contributed by atoms with E-state index in [2.05, 4.69) is 22.4 Å². The zero-order valence-corrected chi connectivity index (χ0v) is 21.6. The van der Waals surface area contributed by atoms with Crippen molar-refractivity contribution in [3.8, 4) is 0 Å². The normalized spacial score (nSPS) is 24.2. The summed E-state index contributed by atoms with van der Waals surface area (Å²) in [5, 5.41) is 11.6. The van der Waals surface area contributed by atoms with Gasteiger partial charge in [0, 0.05) is 36.8 Å². The van der Waals surface area contributed by atoms with Gasteiger partial charge >= 0.3 is 6.18 Å². The van der Waals surface area contributed by atoms with E-state index >= 15 is 0 Å². The highest BCUT2D eigenvalue weighted by Gasteiger charge is 2.50. The van der Waals surface area contributed by atoms with E-state index in [9.17, 15) is 18.0 Å². The van der Waals surface area contributed by atoms with Crippen molar-refractivity contribution in [1.82, 2.24) is 20.1 Å². The smallest absolute Gasteiger partial charge is 0.359 e. The van der Waals surface area contributed by atoms with E-state index in [0.717, 1.165) is 24.8 Å². The van der Waals surface area contributed by atoms with E-state index in [1.807, 2.05) is 26.1 Å². The lowest BCUT2D eigenvalue weighted by molar-refractivity contribution is -0.184. The Hall–Kier alpha value is -3.24. The molecule has 0 radical (unpaired) electrons. The fraction of sp³-hybridized carbons (Fsp3) is 0.464. The van der Waals surface area contributed by atoms with Crippen LogP contribution in [-0.2, 0) is 36.7 Å². The Morgan fingerprint density at radius 2 is 1.97 bits per heavy atom. The summed E-state index contributed by atoms with van der Waals surface area (Å²) in [4.78, 5) is 15.0. The summed E-state index contributed by atoms with van der Waals surface area (Å²) in [6.45, 7) is 4.18. The lowest BCUT2D eigenvalue weighted by atomic mass is 9.78. The second kappa shape index (κ2) is 8.64. The van der Waals surface area contributed by atoms with Crippen molar-refractivity contribution < 1.29 is 22.7 Å². The molecule has 1 aliphatic carbocycles. The zero-order valence-electron chi connectivity index (χ0n) is 21.6. The molecular formula is C28H30F3N5O2. The molecule has 1 N–H and O–H groups in total. The standard InChI is InChI=1S/C28H30F3N5O2/c1-17-13-27(38-17,25-34-33-16-35(25)3)19-6-4-7-20(12-19)36-15-22-21(24(36)37)10-18(11-23(22)28(29,30)31)14-32-26(2)8-5-9-26/h4,6-7,10-12,16-17,32H,5,8-9,13-15H2,1-3H3/t17-,27+/m0/s1. The highest BCUT2D eigenvalue weighted by atomic mass is 19.4. The van der Waals surface area contributed by atoms with Crippen molar-refractivity contribution in [1.29, 1.82) is 0 Å². The van der Waals surface area contributed by atoms with Crippen molar-refractivity contribution in [3.05, 3.63) is 76.4 Å². The molecule has 1 saturated heterocycles. The van der Waals surface area contributed by atoms with Crippen LogP contribution >= 0.6 is 0 Å². The summed E-state index contributed by atoms with van der Waals surface area (Å²) in [6, 6.07) is 10.1. The lowest BCUT2D eigenvalue weighted by Gasteiger charge is -2.46. The molecule has 200 valence electrons. The first-order valence-electron chi connectivity index (χ1n) is 12.9. The number of aryl methyl sites for hydroxylation is 1. The summed E-state index contributed by atoms with van der Waals surface area (Å²) >= 11 is 0. The number of anilines is 1. The van der Waals surface area contributed by atoms with Gasteiger partial charge in [-0.2, -0.15) is 13.2 Å².